The molecule has 142 valence electrons. The van der Waals surface area contributed by atoms with Gasteiger partial charge in [-0.25, -0.2) is 4.79 Å². The number of esters is 1. The van der Waals surface area contributed by atoms with E-state index < -0.39 is 23.3 Å². The summed E-state index contributed by atoms with van der Waals surface area (Å²) in [6, 6.07) is 12.7. The summed E-state index contributed by atoms with van der Waals surface area (Å²) in [5.41, 5.74) is 0.686. The van der Waals surface area contributed by atoms with Gasteiger partial charge in [-0.2, -0.15) is 0 Å². The average Bonchev–Trinajstić information content (AvgIpc) is 2.72. The van der Waals surface area contributed by atoms with Gasteiger partial charge in [-0.3, -0.25) is 14.4 Å². The molecule has 0 atom stereocenters. The monoisotopic (exact) mass is 372 g/mol. The molecular formula is C20H20O7. The normalized spacial score (nSPS) is 9.33. The zero-order chi connectivity index (χ0) is 20.4. The first-order valence-corrected chi connectivity index (χ1v) is 7.80. The first-order chi connectivity index (χ1) is 12.8. The second-order valence-electron chi connectivity index (χ2n) is 5.16. The summed E-state index contributed by atoms with van der Waals surface area (Å²) in [5, 5.41) is 0. The van der Waals surface area contributed by atoms with Gasteiger partial charge in [0.05, 0.1) is 21.3 Å². The van der Waals surface area contributed by atoms with E-state index in [1.54, 1.807) is 43.5 Å². The van der Waals surface area contributed by atoms with Crippen molar-refractivity contribution in [2.24, 2.45) is 0 Å². The van der Waals surface area contributed by atoms with Gasteiger partial charge in [-0.15, -0.1) is 0 Å². The maximum atomic E-state index is 11.3. The Balaban J connectivity index is 0.000000271. The van der Waals surface area contributed by atoms with Crippen LogP contribution in [0.25, 0.3) is 0 Å². The predicted octanol–water partition coefficient (Wildman–Crippen LogP) is 2.52. The summed E-state index contributed by atoms with van der Waals surface area (Å²) in [4.78, 5) is 44.0. The highest BCUT2D eigenvalue weighted by atomic mass is 16.5. The molecule has 0 unspecified atom stereocenters. The van der Waals surface area contributed by atoms with E-state index in [1.807, 2.05) is 0 Å². The molecule has 0 fully saturated rings. The van der Waals surface area contributed by atoms with Crippen molar-refractivity contribution in [1.82, 2.24) is 0 Å². The SMILES string of the molecule is COC(=O)C(=O)c1ccc(OC)cc1.COc1ccc(C(=O)C(C)=O)cc1. The van der Waals surface area contributed by atoms with Crippen molar-refractivity contribution in [2.45, 2.75) is 6.92 Å². The minimum atomic E-state index is -0.866. The molecular weight excluding hydrogens is 352 g/mol. The number of methoxy groups -OCH3 is 3. The van der Waals surface area contributed by atoms with Crippen LogP contribution in [0.3, 0.4) is 0 Å². The molecule has 0 bridgehead atoms. The number of benzene rings is 2. The molecule has 2 rings (SSSR count). The van der Waals surface area contributed by atoms with E-state index in [0.717, 1.165) is 0 Å². The molecule has 0 amide bonds. The van der Waals surface area contributed by atoms with E-state index in [1.165, 1.54) is 33.3 Å². The number of ether oxygens (including phenoxy) is 3. The van der Waals surface area contributed by atoms with E-state index >= 15 is 0 Å². The molecule has 2 aromatic carbocycles. The van der Waals surface area contributed by atoms with Crippen LogP contribution in [0.5, 0.6) is 11.5 Å². The number of ketones is 3. The van der Waals surface area contributed by atoms with Crippen molar-refractivity contribution < 1.29 is 33.4 Å². The average molecular weight is 372 g/mol. The van der Waals surface area contributed by atoms with Crippen LogP contribution in [0, 0.1) is 0 Å². The summed E-state index contributed by atoms with van der Waals surface area (Å²) in [6.07, 6.45) is 0. The third-order valence-corrected chi connectivity index (χ3v) is 3.39. The minimum Gasteiger partial charge on any atom is -0.497 e. The Morgan fingerprint density at radius 3 is 1.30 bits per heavy atom. The number of hydrogen-bond acceptors (Lipinski definition) is 7. The number of hydrogen-bond donors (Lipinski definition) is 0. The lowest BCUT2D eigenvalue weighted by Gasteiger charge is -2.01. The van der Waals surface area contributed by atoms with Crippen molar-refractivity contribution in [3.05, 3.63) is 59.7 Å². The van der Waals surface area contributed by atoms with Crippen LogP contribution in [-0.2, 0) is 14.3 Å². The first-order valence-electron chi connectivity index (χ1n) is 7.80. The summed E-state index contributed by atoms with van der Waals surface area (Å²) >= 11 is 0. The van der Waals surface area contributed by atoms with E-state index in [2.05, 4.69) is 4.74 Å². The first kappa shape index (κ1) is 21.6. The smallest absolute Gasteiger partial charge is 0.379 e. The lowest BCUT2D eigenvalue weighted by atomic mass is 10.1. The van der Waals surface area contributed by atoms with Crippen LogP contribution in [0.2, 0.25) is 0 Å². The molecule has 0 aliphatic carbocycles. The quantitative estimate of drug-likeness (QED) is 0.437. The van der Waals surface area contributed by atoms with Crippen molar-refractivity contribution >= 4 is 23.3 Å². The molecule has 7 nitrogen and oxygen atoms in total. The van der Waals surface area contributed by atoms with Gasteiger partial charge < -0.3 is 14.2 Å². The topological polar surface area (TPSA) is 96.0 Å². The zero-order valence-electron chi connectivity index (χ0n) is 15.5. The maximum Gasteiger partial charge on any atom is 0.379 e. The van der Waals surface area contributed by atoms with Crippen molar-refractivity contribution in [2.75, 3.05) is 21.3 Å². The third kappa shape index (κ3) is 6.39. The lowest BCUT2D eigenvalue weighted by Crippen LogP contribution is -2.15. The van der Waals surface area contributed by atoms with Gasteiger partial charge in [0.15, 0.2) is 5.78 Å². The Morgan fingerprint density at radius 2 is 1.00 bits per heavy atom. The lowest BCUT2D eigenvalue weighted by molar-refractivity contribution is -0.135. The van der Waals surface area contributed by atoms with Crippen LogP contribution >= 0.6 is 0 Å². The largest absolute Gasteiger partial charge is 0.497 e. The second kappa shape index (κ2) is 10.5. The van der Waals surface area contributed by atoms with Crippen LogP contribution in [0.15, 0.2) is 48.5 Å². The fourth-order valence-corrected chi connectivity index (χ4v) is 1.90. The number of Topliss-reactive ketones (excluding diaryl/α,β-unsaturated/α-hetero) is 3. The van der Waals surface area contributed by atoms with Gasteiger partial charge in [0, 0.05) is 18.1 Å². The second-order valence-corrected chi connectivity index (χ2v) is 5.16. The highest BCUT2D eigenvalue weighted by molar-refractivity contribution is 6.42. The van der Waals surface area contributed by atoms with Gasteiger partial charge in [0.2, 0.25) is 5.78 Å². The summed E-state index contributed by atoms with van der Waals surface area (Å²) in [6.45, 7) is 1.26. The molecule has 0 N–H and O–H groups in total. The van der Waals surface area contributed by atoms with Crippen LogP contribution < -0.4 is 9.47 Å². The molecule has 0 aliphatic rings. The summed E-state index contributed by atoms with van der Waals surface area (Å²) in [7, 11) is 4.24. The van der Waals surface area contributed by atoms with Crippen LogP contribution in [-0.4, -0.2) is 44.6 Å². The van der Waals surface area contributed by atoms with Crippen molar-refractivity contribution in [3.63, 3.8) is 0 Å². The Kier molecular flexibility index (Phi) is 8.38. The van der Waals surface area contributed by atoms with Crippen molar-refractivity contribution in [1.29, 1.82) is 0 Å². The van der Waals surface area contributed by atoms with Gasteiger partial charge in [-0.1, -0.05) is 0 Å². The van der Waals surface area contributed by atoms with E-state index in [0.29, 0.717) is 17.1 Å². The molecule has 0 heterocycles. The maximum absolute atomic E-state index is 11.3. The molecule has 7 heteroatoms. The Bertz CT molecular complexity index is 805. The highest BCUT2D eigenvalue weighted by Gasteiger charge is 2.15. The summed E-state index contributed by atoms with van der Waals surface area (Å²) < 4.78 is 14.1. The van der Waals surface area contributed by atoms with Gasteiger partial charge in [0.25, 0.3) is 5.78 Å². The molecule has 0 aliphatic heterocycles. The van der Waals surface area contributed by atoms with E-state index in [4.69, 9.17) is 9.47 Å². The number of carbonyl (C=O) groups is 4. The molecule has 0 saturated carbocycles. The van der Waals surface area contributed by atoms with Gasteiger partial charge in [0.1, 0.15) is 11.5 Å². The molecule has 0 saturated heterocycles. The Morgan fingerprint density at radius 1 is 0.630 bits per heavy atom. The van der Waals surface area contributed by atoms with E-state index in [-0.39, 0.29) is 5.56 Å². The van der Waals surface area contributed by atoms with Gasteiger partial charge in [-0.05, 0) is 48.5 Å². The third-order valence-electron chi connectivity index (χ3n) is 3.39. The van der Waals surface area contributed by atoms with Crippen molar-refractivity contribution in [3.8, 4) is 11.5 Å². The zero-order valence-corrected chi connectivity index (χ0v) is 15.5. The molecule has 27 heavy (non-hydrogen) atoms. The Labute approximate surface area is 156 Å². The van der Waals surface area contributed by atoms with Crippen LogP contribution in [0.4, 0.5) is 0 Å². The summed E-state index contributed by atoms with van der Waals surface area (Å²) in [5.74, 6) is -1.15. The molecule has 0 aromatic heterocycles. The highest BCUT2D eigenvalue weighted by Crippen LogP contribution is 2.12. The standard InChI is InChI=1S/C10H10O4.C10H10O3/c1-13-8-5-3-7(4-6-8)9(11)10(12)14-2;1-7(11)10(12)8-3-5-9(13-2)6-4-8/h3-6H,1-2H3;3-6H,1-2H3. The predicted molar refractivity (Wildman–Crippen MR) is 97.3 cm³/mol. The Hall–Kier alpha value is -3.48. The molecule has 0 radical (unpaired) electrons. The molecule has 0 spiro atoms. The van der Waals surface area contributed by atoms with Crippen LogP contribution in [0.1, 0.15) is 27.6 Å². The van der Waals surface area contributed by atoms with Gasteiger partial charge >= 0.3 is 5.97 Å². The number of carbonyl (C=O) groups excluding carboxylic acids is 4. The number of rotatable bonds is 6. The van der Waals surface area contributed by atoms with E-state index in [9.17, 15) is 19.2 Å². The molecule has 2 aromatic rings. The fourth-order valence-electron chi connectivity index (χ4n) is 1.90. The fraction of sp³-hybridized carbons (Fsp3) is 0.200. The minimum absolute atomic E-state index is 0.289.